The molecule has 9 heteroatoms. The third kappa shape index (κ3) is 3.89. The van der Waals surface area contributed by atoms with E-state index in [-0.39, 0.29) is 16.5 Å². The predicted molar refractivity (Wildman–Crippen MR) is 92.2 cm³/mol. The van der Waals surface area contributed by atoms with Gasteiger partial charge in [0.25, 0.3) is 0 Å². The van der Waals surface area contributed by atoms with E-state index in [2.05, 4.69) is 20.2 Å². The largest absolute Gasteiger partial charge is 0.417 e. The van der Waals surface area contributed by atoms with Crippen LogP contribution in [0.2, 0.25) is 5.02 Å². The normalized spacial score (nSPS) is 15.3. The highest BCUT2D eigenvalue weighted by Gasteiger charge is 2.33. The second-order valence-corrected chi connectivity index (χ2v) is 6.23. The molecule has 1 aliphatic rings. The van der Waals surface area contributed by atoms with Gasteiger partial charge in [0.05, 0.1) is 10.6 Å². The van der Waals surface area contributed by atoms with Crippen molar-refractivity contribution in [2.75, 3.05) is 29.0 Å². The molecule has 1 aromatic heterocycles. The first-order chi connectivity index (χ1) is 11.9. The molecule has 0 bridgehead atoms. The maximum atomic E-state index is 13.0. The van der Waals surface area contributed by atoms with Crippen molar-refractivity contribution in [1.29, 1.82) is 0 Å². The first-order valence-corrected chi connectivity index (χ1v) is 8.23. The lowest BCUT2D eigenvalue weighted by Gasteiger charge is -2.29. The zero-order chi connectivity index (χ0) is 18.0. The Labute approximate surface area is 148 Å². The number of halogens is 4. The van der Waals surface area contributed by atoms with E-state index in [4.69, 9.17) is 17.3 Å². The molecule has 2 aromatic rings. The maximum Gasteiger partial charge on any atom is 0.417 e. The molecule has 5 nitrogen and oxygen atoms in total. The van der Waals surface area contributed by atoms with Gasteiger partial charge in [0, 0.05) is 18.8 Å². The molecule has 1 saturated heterocycles. The van der Waals surface area contributed by atoms with Gasteiger partial charge in [-0.2, -0.15) is 13.2 Å². The van der Waals surface area contributed by atoms with Crippen LogP contribution in [-0.2, 0) is 6.18 Å². The highest BCUT2D eigenvalue weighted by atomic mass is 35.5. The summed E-state index contributed by atoms with van der Waals surface area (Å²) in [5, 5.41) is 2.47. The monoisotopic (exact) mass is 371 g/mol. The fourth-order valence-corrected chi connectivity index (χ4v) is 3.03. The number of rotatable bonds is 3. The van der Waals surface area contributed by atoms with E-state index in [0.717, 1.165) is 38.4 Å². The molecule has 2 heterocycles. The Hall–Kier alpha value is -2.22. The van der Waals surface area contributed by atoms with Gasteiger partial charge in [-0.15, -0.1) is 0 Å². The summed E-state index contributed by atoms with van der Waals surface area (Å²) in [5.41, 5.74) is 5.74. The smallest absolute Gasteiger partial charge is 0.393 e. The zero-order valence-corrected chi connectivity index (χ0v) is 14.0. The van der Waals surface area contributed by atoms with Crippen LogP contribution in [0.4, 0.5) is 36.2 Å². The van der Waals surface area contributed by atoms with Crippen molar-refractivity contribution in [2.45, 2.75) is 25.4 Å². The van der Waals surface area contributed by atoms with Gasteiger partial charge in [-0.25, -0.2) is 9.97 Å². The minimum Gasteiger partial charge on any atom is -0.393 e. The molecular weight excluding hydrogens is 355 g/mol. The minimum absolute atomic E-state index is 0.201. The molecule has 0 atom stereocenters. The van der Waals surface area contributed by atoms with Gasteiger partial charge in [-0.1, -0.05) is 11.6 Å². The van der Waals surface area contributed by atoms with Crippen molar-refractivity contribution in [2.24, 2.45) is 0 Å². The van der Waals surface area contributed by atoms with E-state index >= 15 is 0 Å². The van der Waals surface area contributed by atoms with E-state index < -0.39 is 11.7 Å². The number of alkyl halides is 3. The summed E-state index contributed by atoms with van der Waals surface area (Å²) < 4.78 is 39.0. The standard InChI is InChI=1S/C16H17ClF3N5/c17-12-5-4-10(8-11(12)16(18,19)20)24-14-13(21)15(23-9-22-14)25-6-2-1-3-7-25/h4-5,8-9H,1-3,6-7,21H2,(H,22,23,24). The second-order valence-electron chi connectivity index (χ2n) is 5.82. The number of hydrogen-bond acceptors (Lipinski definition) is 5. The molecule has 1 aliphatic heterocycles. The number of nitrogen functional groups attached to an aromatic ring is 1. The molecule has 0 amide bonds. The Morgan fingerprint density at radius 3 is 2.52 bits per heavy atom. The molecule has 1 fully saturated rings. The SMILES string of the molecule is Nc1c(Nc2ccc(Cl)c(C(F)(F)F)c2)ncnc1N1CCCCC1. The Kier molecular flexibility index (Phi) is 4.89. The molecule has 0 spiro atoms. The van der Waals surface area contributed by atoms with Crippen molar-refractivity contribution in [3.63, 3.8) is 0 Å². The highest BCUT2D eigenvalue weighted by Crippen LogP contribution is 2.37. The summed E-state index contributed by atoms with van der Waals surface area (Å²) in [4.78, 5) is 10.3. The van der Waals surface area contributed by atoms with Gasteiger partial charge in [0.2, 0.25) is 0 Å². The van der Waals surface area contributed by atoms with Gasteiger partial charge >= 0.3 is 6.18 Å². The molecule has 0 saturated carbocycles. The van der Waals surface area contributed by atoms with Crippen molar-refractivity contribution in [1.82, 2.24) is 9.97 Å². The summed E-state index contributed by atoms with van der Waals surface area (Å²) in [6, 6.07) is 3.57. The second kappa shape index (κ2) is 6.95. The molecule has 0 radical (unpaired) electrons. The van der Waals surface area contributed by atoms with Gasteiger partial charge in [-0.05, 0) is 37.5 Å². The number of anilines is 4. The van der Waals surface area contributed by atoms with E-state index in [0.29, 0.717) is 11.5 Å². The minimum atomic E-state index is -4.54. The van der Waals surface area contributed by atoms with Gasteiger partial charge in [-0.3, -0.25) is 0 Å². The quantitative estimate of drug-likeness (QED) is 0.833. The number of piperidine rings is 1. The number of nitrogens with one attached hydrogen (secondary N) is 1. The number of nitrogens with zero attached hydrogens (tertiary/aromatic N) is 3. The Morgan fingerprint density at radius 2 is 1.84 bits per heavy atom. The molecule has 0 unspecified atom stereocenters. The Morgan fingerprint density at radius 1 is 1.12 bits per heavy atom. The van der Waals surface area contributed by atoms with Gasteiger partial charge in [0.1, 0.15) is 12.0 Å². The fraction of sp³-hybridized carbons (Fsp3) is 0.375. The molecule has 0 aliphatic carbocycles. The lowest BCUT2D eigenvalue weighted by Crippen LogP contribution is -2.31. The predicted octanol–water partition coefficient (Wildman–Crippen LogP) is 4.46. The van der Waals surface area contributed by atoms with Crippen molar-refractivity contribution >= 4 is 34.6 Å². The van der Waals surface area contributed by atoms with Crippen LogP contribution in [-0.4, -0.2) is 23.1 Å². The lowest BCUT2D eigenvalue weighted by molar-refractivity contribution is -0.137. The summed E-state index contributed by atoms with van der Waals surface area (Å²) in [6.07, 6.45) is 0.0857. The molecule has 25 heavy (non-hydrogen) atoms. The van der Waals surface area contributed by atoms with Crippen LogP contribution >= 0.6 is 11.6 Å². The molecular formula is C16H17ClF3N5. The summed E-state index contributed by atoms with van der Waals surface area (Å²) >= 11 is 5.64. The zero-order valence-electron chi connectivity index (χ0n) is 13.3. The number of hydrogen-bond donors (Lipinski definition) is 2. The maximum absolute atomic E-state index is 13.0. The third-order valence-electron chi connectivity index (χ3n) is 4.05. The Bertz CT molecular complexity index is 760. The van der Waals surface area contributed by atoms with E-state index in [1.54, 1.807) is 0 Å². The van der Waals surface area contributed by atoms with Crippen molar-refractivity contribution < 1.29 is 13.2 Å². The lowest BCUT2D eigenvalue weighted by atomic mass is 10.1. The topological polar surface area (TPSA) is 67.1 Å². The van der Waals surface area contributed by atoms with Gasteiger partial charge in [0.15, 0.2) is 11.6 Å². The number of benzene rings is 1. The summed E-state index contributed by atoms with van der Waals surface area (Å²) in [6.45, 7) is 1.69. The van der Waals surface area contributed by atoms with E-state index in [9.17, 15) is 13.2 Å². The van der Waals surface area contributed by atoms with Crippen LogP contribution in [0.1, 0.15) is 24.8 Å². The highest BCUT2D eigenvalue weighted by molar-refractivity contribution is 6.31. The molecule has 3 N–H and O–H groups in total. The first-order valence-electron chi connectivity index (χ1n) is 7.85. The fourth-order valence-electron chi connectivity index (χ4n) is 2.80. The molecule has 1 aromatic carbocycles. The van der Waals surface area contributed by atoms with E-state index in [1.807, 2.05) is 0 Å². The summed E-state index contributed by atoms with van der Waals surface area (Å²) in [5.74, 6) is 0.869. The van der Waals surface area contributed by atoms with Crippen LogP contribution in [0.25, 0.3) is 0 Å². The van der Waals surface area contributed by atoms with Crippen LogP contribution < -0.4 is 16.0 Å². The van der Waals surface area contributed by atoms with Crippen LogP contribution in [0.15, 0.2) is 24.5 Å². The molecule has 134 valence electrons. The van der Waals surface area contributed by atoms with Crippen molar-refractivity contribution in [3.8, 4) is 0 Å². The molecule has 3 rings (SSSR count). The first kappa shape index (κ1) is 17.6. The third-order valence-corrected chi connectivity index (χ3v) is 4.38. The van der Waals surface area contributed by atoms with Crippen LogP contribution in [0.3, 0.4) is 0 Å². The average Bonchev–Trinajstić information content (AvgIpc) is 2.58. The van der Waals surface area contributed by atoms with E-state index in [1.165, 1.54) is 18.5 Å². The number of aromatic nitrogens is 2. The average molecular weight is 372 g/mol. The Balaban J connectivity index is 1.88. The summed E-state index contributed by atoms with van der Waals surface area (Å²) in [7, 11) is 0. The number of nitrogens with two attached hydrogens (primary N) is 1. The van der Waals surface area contributed by atoms with Crippen molar-refractivity contribution in [3.05, 3.63) is 35.1 Å². The van der Waals surface area contributed by atoms with Crippen LogP contribution in [0.5, 0.6) is 0 Å². The van der Waals surface area contributed by atoms with Crippen LogP contribution in [0, 0.1) is 0 Å². The van der Waals surface area contributed by atoms with Gasteiger partial charge < -0.3 is 16.0 Å².